The van der Waals surface area contributed by atoms with Crippen LogP contribution in [-0.4, -0.2) is 27.1 Å². The summed E-state index contributed by atoms with van der Waals surface area (Å²) in [6.45, 7) is 4.33. The van der Waals surface area contributed by atoms with E-state index < -0.39 is 11.5 Å². The van der Waals surface area contributed by atoms with E-state index in [2.05, 4.69) is 13.8 Å². The highest BCUT2D eigenvalue weighted by molar-refractivity contribution is 8.00. The maximum absolute atomic E-state index is 10.9. The second kappa shape index (κ2) is 4.53. The lowest BCUT2D eigenvalue weighted by molar-refractivity contribution is -0.143. The molecule has 0 aromatic heterocycles. The molecule has 0 aromatic carbocycles. The third-order valence-electron chi connectivity index (χ3n) is 2.93. The molecule has 0 saturated heterocycles. The summed E-state index contributed by atoms with van der Waals surface area (Å²) in [6.07, 6.45) is 3.32. The molecule has 0 aromatic rings. The van der Waals surface area contributed by atoms with Gasteiger partial charge in [-0.3, -0.25) is 4.79 Å². The molecule has 0 amide bonds. The maximum atomic E-state index is 10.9. The second-order valence-corrected chi connectivity index (χ2v) is 5.92. The van der Waals surface area contributed by atoms with Crippen LogP contribution in [0.25, 0.3) is 0 Å². The van der Waals surface area contributed by atoms with Crippen LogP contribution in [0.3, 0.4) is 0 Å². The first-order chi connectivity index (χ1) is 6.48. The molecule has 4 heteroatoms. The van der Waals surface area contributed by atoms with Gasteiger partial charge in [-0.15, -0.1) is 0 Å². The Morgan fingerprint density at radius 3 is 2.86 bits per heavy atom. The molecule has 14 heavy (non-hydrogen) atoms. The van der Waals surface area contributed by atoms with Crippen molar-refractivity contribution in [1.29, 1.82) is 0 Å². The van der Waals surface area contributed by atoms with Gasteiger partial charge in [-0.25, -0.2) is 0 Å². The molecule has 0 bridgehead atoms. The summed E-state index contributed by atoms with van der Waals surface area (Å²) in [5.41, 5.74) is 4.84. The second-order valence-electron chi connectivity index (χ2n) is 4.18. The molecular formula is C10H19NO2S. The quantitative estimate of drug-likeness (QED) is 0.754. The molecule has 0 heterocycles. The molecule has 1 aliphatic rings. The van der Waals surface area contributed by atoms with E-state index in [0.29, 0.717) is 23.3 Å². The van der Waals surface area contributed by atoms with Crippen molar-refractivity contribution < 1.29 is 9.90 Å². The highest BCUT2D eigenvalue weighted by Crippen LogP contribution is 2.38. The zero-order chi connectivity index (χ0) is 10.8. The molecular weight excluding hydrogens is 198 g/mol. The van der Waals surface area contributed by atoms with Gasteiger partial charge in [0.15, 0.2) is 0 Å². The van der Waals surface area contributed by atoms with Crippen molar-refractivity contribution in [3.63, 3.8) is 0 Å². The molecule has 1 saturated carbocycles. The summed E-state index contributed by atoms with van der Waals surface area (Å²) in [5.74, 6) is -0.843. The van der Waals surface area contributed by atoms with Crippen molar-refractivity contribution in [1.82, 2.24) is 0 Å². The Bertz CT molecular complexity index is 222. The maximum Gasteiger partial charge on any atom is 0.323 e. The summed E-state index contributed by atoms with van der Waals surface area (Å²) < 4.78 is 0. The number of rotatable bonds is 4. The monoisotopic (exact) mass is 217 g/mol. The lowest BCUT2D eigenvalue weighted by atomic mass is 10.0. The number of carbonyl (C=O) groups is 1. The molecule has 1 fully saturated rings. The van der Waals surface area contributed by atoms with Crippen molar-refractivity contribution in [3.05, 3.63) is 0 Å². The number of hydrogen-bond acceptors (Lipinski definition) is 3. The minimum atomic E-state index is -0.953. The third-order valence-corrected chi connectivity index (χ3v) is 4.52. The van der Waals surface area contributed by atoms with Gasteiger partial charge in [-0.2, -0.15) is 11.8 Å². The van der Waals surface area contributed by atoms with Crippen LogP contribution in [0.15, 0.2) is 0 Å². The fourth-order valence-electron chi connectivity index (χ4n) is 1.76. The van der Waals surface area contributed by atoms with Crippen molar-refractivity contribution in [2.24, 2.45) is 5.73 Å². The minimum absolute atomic E-state index is 0.436. The van der Waals surface area contributed by atoms with E-state index in [1.54, 1.807) is 0 Å². The highest BCUT2D eigenvalue weighted by Gasteiger charge is 2.42. The molecule has 1 aliphatic carbocycles. The Hall–Kier alpha value is -0.220. The highest BCUT2D eigenvalue weighted by atomic mass is 32.2. The Morgan fingerprint density at radius 2 is 2.43 bits per heavy atom. The third kappa shape index (κ3) is 2.64. The van der Waals surface area contributed by atoms with E-state index in [0.717, 1.165) is 12.8 Å². The van der Waals surface area contributed by atoms with Crippen LogP contribution in [0.5, 0.6) is 0 Å². The van der Waals surface area contributed by atoms with Crippen molar-refractivity contribution in [3.8, 4) is 0 Å². The van der Waals surface area contributed by atoms with Crippen LogP contribution >= 0.6 is 11.8 Å². The summed E-state index contributed by atoms with van der Waals surface area (Å²) in [5, 5.41) is 9.99. The standard InChI is InChI=1S/C10H19NO2S/c1-3-7(2)14-8-4-5-10(11,6-8)9(12)13/h7-8H,3-6,11H2,1-2H3,(H,12,13). The summed E-state index contributed by atoms with van der Waals surface area (Å²) in [7, 11) is 0. The van der Waals surface area contributed by atoms with Crippen LogP contribution in [0, 0.1) is 0 Å². The predicted octanol–water partition coefficient (Wildman–Crippen LogP) is 1.85. The molecule has 0 aliphatic heterocycles. The lowest BCUT2D eigenvalue weighted by Gasteiger charge is -2.19. The van der Waals surface area contributed by atoms with Gasteiger partial charge < -0.3 is 10.8 Å². The summed E-state index contributed by atoms with van der Waals surface area (Å²) in [4.78, 5) is 10.9. The Kier molecular flexibility index (Phi) is 3.84. The molecule has 3 N–H and O–H groups in total. The Labute approximate surface area is 89.4 Å². The van der Waals surface area contributed by atoms with Crippen LogP contribution in [0.1, 0.15) is 39.5 Å². The van der Waals surface area contributed by atoms with Gasteiger partial charge in [0.1, 0.15) is 5.54 Å². The van der Waals surface area contributed by atoms with Crippen LogP contribution in [-0.2, 0) is 4.79 Å². The topological polar surface area (TPSA) is 63.3 Å². The van der Waals surface area contributed by atoms with Crippen LogP contribution < -0.4 is 5.73 Å². The molecule has 3 nitrogen and oxygen atoms in total. The minimum Gasteiger partial charge on any atom is -0.480 e. The molecule has 1 rings (SSSR count). The number of carboxylic acids is 1. The lowest BCUT2D eigenvalue weighted by Crippen LogP contribution is -2.45. The van der Waals surface area contributed by atoms with E-state index >= 15 is 0 Å². The van der Waals surface area contributed by atoms with Gasteiger partial charge >= 0.3 is 5.97 Å². The average molecular weight is 217 g/mol. The molecule has 0 radical (unpaired) electrons. The number of nitrogens with two attached hydrogens (primary N) is 1. The van der Waals surface area contributed by atoms with E-state index in [4.69, 9.17) is 10.8 Å². The van der Waals surface area contributed by atoms with Crippen molar-refractivity contribution in [2.45, 2.75) is 55.6 Å². The zero-order valence-electron chi connectivity index (χ0n) is 8.82. The normalized spacial score (nSPS) is 34.4. The van der Waals surface area contributed by atoms with Gasteiger partial charge in [0.05, 0.1) is 0 Å². The molecule has 0 spiro atoms. The SMILES string of the molecule is CCC(C)SC1CCC(N)(C(=O)O)C1. The number of hydrogen-bond donors (Lipinski definition) is 2. The van der Waals surface area contributed by atoms with E-state index in [1.807, 2.05) is 11.8 Å². The molecule has 3 atom stereocenters. The fraction of sp³-hybridized carbons (Fsp3) is 0.900. The van der Waals surface area contributed by atoms with Crippen molar-refractivity contribution >= 4 is 17.7 Å². The molecule has 3 unspecified atom stereocenters. The molecule has 82 valence electrons. The zero-order valence-corrected chi connectivity index (χ0v) is 9.64. The van der Waals surface area contributed by atoms with Crippen molar-refractivity contribution in [2.75, 3.05) is 0 Å². The van der Waals surface area contributed by atoms with E-state index in [1.165, 1.54) is 0 Å². The average Bonchev–Trinajstić information content (AvgIpc) is 2.49. The smallest absolute Gasteiger partial charge is 0.323 e. The van der Waals surface area contributed by atoms with Crippen LogP contribution in [0.2, 0.25) is 0 Å². The number of aliphatic carboxylic acids is 1. The van der Waals surface area contributed by atoms with E-state index in [9.17, 15) is 4.79 Å². The van der Waals surface area contributed by atoms with Gasteiger partial charge in [-0.1, -0.05) is 13.8 Å². The first-order valence-electron chi connectivity index (χ1n) is 5.15. The fourth-order valence-corrected chi connectivity index (χ4v) is 3.26. The van der Waals surface area contributed by atoms with Gasteiger partial charge in [0.25, 0.3) is 0 Å². The van der Waals surface area contributed by atoms with Gasteiger partial charge in [0, 0.05) is 10.5 Å². The first-order valence-corrected chi connectivity index (χ1v) is 6.10. The predicted molar refractivity (Wildman–Crippen MR) is 59.5 cm³/mol. The number of thioether (sulfide) groups is 1. The summed E-state index contributed by atoms with van der Waals surface area (Å²) in [6, 6.07) is 0. The Morgan fingerprint density at radius 1 is 1.79 bits per heavy atom. The largest absolute Gasteiger partial charge is 0.480 e. The van der Waals surface area contributed by atoms with E-state index in [-0.39, 0.29) is 0 Å². The van der Waals surface area contributed by atoms with Gasteiger partial charge in [0.2, 0.25) is 0 Å². The summed E-state index contributed by atoms with van der Waals surface area (Å²) >= 11 is 1.88. The number of carboxylic acid groups (broad SMARTS) is 1. The van der Waals surface area contributed by atoms with Gasteiger partial charge in [-0.05, 0) is 25.7 Å². The first kappa shape index (κ1) is 11.9. The Balaban J connectivity index is 2.45. The van der Waals surface area contributed by atoms with Crippen LogP contribution in [0.4, 0.5) is 0 Å².